The maximum absolute atomic E-state index is 5.46. The van der Waals surface area contributed by atoms with Gasteiger partial charge < -0.3 is 10.1 Å². The number of morpholine rings is 1. The van der Waals surface area contributed by atoms with Gasteiger partial charge >= 0.3 is 0 Å². The smallest absolute Gasteiger partial charge is 0.194 e. The fraction of sp³-hybridized carbons (Fsp3) is 0.462. The highest BCUT2D eigenvalue weighted by atomic mass is 32.1. The van der Waals surface area contributed by atoms with E-state index in [1.54, 1.807) is 11.3 Å². The summed E-state index contributed by atoms with van der Waals surface area (Å²) >= 11 is 1.66. The molecule has 96 valence electrons. The van der Waals surface area contributed by atoms with E-state index in [1.165, 1.54) is 5.57 Å². The van der Waals surface area contributed by atoms with Crippen molar-refractivity contribution >= 4 is 22.4 Å². The fourth-order valence-electron chi connectivity index (χ4n) is 2.27. The number of rotatable bonds is 3. The van der Waals surface area contributed by atoms with Crippen LogP contribution in [0.2, 0.25) is 0 Å². The van der Waals surface area contributed by atoms with Crippen LogP contribution < -0.4 is 5.32 Å². The Morgan fingerprint density at radius 3 is 3.44 bits per heavy atom. The van der Waals surface area contributed by atoms with Gasteiger partial charge in [0.15, 0.2) is 4.96 Å². The first-order valence-electron chi connectivity index (χ1n) is 6.22. The molecular formula is C13H17N3OS. The molecular weight excluding hydrogens is 246 g/mol. The zero-order chi connectivity index (χ0) is 12.4. The molecule has 1 N–H and O–H groups in total. The molecule has 2 aromatic heterocycles. The first kappa shape index (κ1) is 11.9. The van der Waals surface area contributed by atoms with E-state index < -0.39 is 0 Å². The van der Waals surface area contributed by atoms with Crippen LogP contribution in [-0.4, -0.2) is 35.2 Å². The van der Waals surface area contributed by atoms with Crippen LogP contribution in [0.3, 0.4) is 0 Å². The molecule has 1 aliphatic rings. The summed E-state index contributed by atoms with van der Waals surface area (Å²) in [5.41, 5.74) is 2.37. The highest BCUT2D eigenvalue weighted by Crippen LogP contribution is 2.16. The van der Waals surface area contributed by atoms with Gasteiger partial charge in [0.25, 0.3) is 0 Å². The third-order valence-corrected chi connectivity index (χ3v) is 3.84. The minimum absolute atomic E-state index is 0.443. The van der Waals surface area contributed by atoms with Gasteiger partial charge in [0.2, 0.25) is 0 Å². The number of nitrogens with zero attached hydrogens (tertiary/aromatic N) is 2. The van der Waals surface area contributed by atoms with E-state index in [0.29, 0.717) is 6.04 Å². The summed E-state index contributed by atoms with van der Waals surface area (Å²) in [5.74, 6) is 0. The Morgan fingerprint density at radius 2 is 2.67 bits per heavy atom. The minimum atomic E-state index is 0.443. The minimum Gasteiger partial charge on any atom is -0.379 e. The summed E-state index contributed by atoms with van der Waals surface area (Å²) in [6, 6.07) is 0.443. The molecule has 1 atom stereocenters. The Bertz CT molecular complexity index is 523. The second kappa shape index (κ2) is 5.22. The standard InChI is InChI=1S/C13H17N3OS/c1-10(7-12-9-17-4-2-14-12)6-11-8-16-3-5-18-13(16)15-11/h3,5-6,8,12,14H,2,4,7,9H2,1H3/b10-6-. The van der Waals surface area contributed by atoms with Gasteiger partial charge in [-0.25, -0.2) is 4.98 Å². The van der Waals surface area contributed by atoms with Gasteiger partial charge in [-0.1, -0.05) is 5.57 Å². The summed E-state index contributed by atoms with van der Waals surface area (Å²) in [6.45, 7) is 4.75. The van der Waals surface area contributed by atoms with Crippen molar-refractivity contribution in [3.8, 4) is 0 Å². The lowest BCUT2D eigenvalue weighted by Gasteiger charge is -2.23. The second-order valence-electron chi connectivity index (χ2n) is 4.68. The topological polar surface area (TPSA) is 38.6 Å². The van der Waals surface area contributed by atoms with Crippen LogP contribution >= 0.6 is 11.3 Å². The van der Waals surface area contributed by atoms with Crippen molar-refractivity contribution < 1.29 is 4.74 Å². The van der Waals surface area contributed by atoms with E-state index >= 15 is 0 Å². The highest BCUT2D eigenvalue weighted by molar-refractivity contribution is 7.15. The molecule has 0 saturated carbocycles. The van der Waals surface area contributed by atoms with Crippen LogP contribution in [0.25, 0.3) is 11.0 Å². The summed E-state index contributed by atoms with van der Waals surface area (Å²) in [4.78, 5) is 5.61. The number of aromatic nitrogens is 2. The number of thiazole rings is 1. The van der Waals surface area contributed by atoms with Crippen LogP contribution in [0.5, 0.6) is 0 Å². The van der Waals surface area contributed by atoms with Crippen LogP contribution in [0.15, 0.2) is 23.3 Å². The van der Waals surface area contributed by atoms with E-state index in [9.17, 15) is 0 Å². The monoisotopic (exact) mass is 263 g/mol. The van der Waals surface area contributed by atoms with Crippen LogP contribution in [-0.2, 0) is 4.74 Å². The summed E-state index contributed by atoms with van der Waals surface area (Å²) in [7, 11) is 0. The Hall–Kier alpha value is -1.17. The van der Waals surface area contributed by atoms with Crippen molar-refractivity contribution in [1.29, 1.82) is 0 Å². The lowest BCUT2D eigenvalue weighted by atomic mass is 10.1. The third kappa shape index (κ3) is 2.63. The van der Waals surface area contributed by atoms with Crippen molar-refractivity contribution in [1.82, 2.24) is 14.7 Å². The maximum atomic E-state index is 5.46. The lowest BCUT2D eigenvalue weighted by molar-refractivity contribution is 0.0771. The van der Waals surface area contributed by atoms with E-state index in [2.05, 4.69) is 33.9 Å². The zero-order valence-corrected chi connectivity index (χ0v) is 11.2. The number of fused-ring (bicyclic) bond motifs is 1. The lowest BCUT2D eigenvalue weighted by Crippen LogP contribution is -2.41. The average molecular weight is 263 g/mol. The van der Waals surface area contributed by atoms with E-state index in [1.807, 2.05) is 11.6 Å². The first-order chi connectivity index (χ1) is 8.81. The quantitative estimate of drug-likeness (QED) is 0.922. The number of hydrogen-bond donors (Lipinski definition) is 1. The maximum Gasteiger partial charge on any atom is 0.194 e. The molecule has 0 bridgehead atoms. The van der Waals surface area contributed by atoms with E-state index in [0.717, 1.165) is 36.8 Å². The molecule has 0 amide bonds. The molecule has 1 aliphatic heterocycles. The molecule has 1 saturated heterocycles. The molecule has 1 fully saturated rings. The molecule has 0 aliphatic carbocycles. The molecule has 2 aromatic rings. The molecule has 5 heteroatoms. The molecule has 18 heavy (non-hydrogen) atoms. The van der Waals surface area contributed by atoms with Gasteiger partial charge in [-0.05, 0) is 19.4 Å². The Kier molecular flexibility index (Phi) is 3.45. The van der Waals surface area contributed by atoms with E-state index in [-0.39, 0.29) is 0 Å². The van der Waals surface area contributed by atoms with Crippen LogP contribution in [0.1, 0.15) is 19.0 Å². The molecule has 1 unspecified atom stereocenters. The number of ether oxygens (including phenoxy) is 1. The average Bonchev–Trinajstić information content (AvgIpc) is 2.90. The molecule has 0 aromatic carbocycles. The van der Waals surface area contributed by atoms with Gasteiger partial charge in [0.1, 0.15) is 0 Å². The van der Waals surface area contributed by atoms with Gasteiger partial charge in [0, 0.05) is 30.4 Å². The third-order valence-electron chi connectivity index (χ3n) is 3.07. The molecule has 0 spiro atoms. The van der Waals surface area contributed by atoms with Crippen molar-refractivity contribution in [3.63, 3.8) is 0 Å². The number of imidazole rings is 1. The SMILES string of the molecule is C/C(=C/c1cn2ccsc2n1)CC1COCCN1. The molecule has 0 radical (unpaired) electrons. The summed E-state index contributed by atoms with van der Waals surface area (Å²) in [6.07, 6.45) is 7.29. The Balaban J connectivity index is 1.68. The fourth-order valence-corrected chi connectivity index (χ4v) is 2.97. The van der Waals surface area contributed by atoms with Crippen molar-refractivity contribution in [2.45, 2.75) is 19.4 Å². The Morgan fingerprint density at radius 1 is 1.72 bits per heavy atom. The van der Waals surface area contributed by atoms with Crippen molar-refractivity contribution in [2.24, 2.45) is 0 Å². The Labute approximate surface area is 110 Å². The predicted molar refractivity (Wildman–Crippen MR) is 73.9 cm³/mol. The molecule has 3 rings (SSSR count). The van der Waals surface area contributed by atoms with Crippen molar-refractivity contribution in [2.75, 3.05) is 19.8 Å². The van der Waals surface area contributed by atoms with Gasteiger partial charge in [0.05, 0.1) is 18.9 Å². The van der Waals surface area contributed by atoms with E-state index in [4.69, 9.17) is 4.74 Å². The normalized spacial score (nSPS) is 21.6. The zero-order valence-electron chi connectivity index (χ0n) is 10.4. The highest BCUT2D eigenvalue weighted by Gasteiger charge is 2.13. The van der Waals surface area contributed by atoms with Crippen LogP contribution in [0.4, 0.5) is 0 Å². The van der Waals surface area contributed by atoms with Gasteiger partial charge in [-0.3, -0.25) is 4.40 Å². The van der Waals surface area contributed by atoms with Gasteiger partial charge in [-0.15, -0.1) is 11.3 Å². The predicted octanol–water partition coefficient (Wildman–Crippen LogP) is 2.18. The van der Waals surface area contributed by atoms with Gasteiger partial charge in [-0.2, -0.15) is 0 Å². The largest absolute Gasteiger partial charge is 0.379 e. The number of hydrogen-bond acceptors (Lipinski definition) is 4. The second-order valence-corrected chi connectivity index (χ2v) is 5.55. The molecule has 3 heterocycles. The first-order valence-corrected chi connectivity index (χ1v) is 7.10. The molecule has 4 nitrogen and oxygen atoms in total. The number of nitrogens with one attached hydrogen (secondary N) is 1. The van der Waals surface area contributed by atoms with Crippen molar-refractivity contribution in [3.05, 3.63) is 29.0 Å². The summed E-state index contributed by atoms with van der Waals surface area (Å²) in [5, 5.41) is 5.52. The summed E-state index contributed by atoms with van der Waals surface area (Å²) < 4.78 is 7.52. The van der Waals surface area contributed by atoms with Crippen LogP contribution in [0, 0.1) is 0 Å².